The molecule has 1 aromatic carbocycles. The van der Waals surface area contributed by atoms with Crippen LogP contribution in [-0.4, -0.2) is 30.3 Å². The highest BCUT2D eigenvalue weighted by molar-refractivity contribution is 8.00. The SMILES string of the molecule is CCNc1ccc(C(=O)NCCSC(F)(F)F)cc1C. The highest BCUT2D eigenvalue weighted by Crippen LogP contribution is 2.29. The average molecular weight is 306 g/mol. The molecule has 0 heterocycles. The Kier molecular flexibility index (Phi) is 6.19. The lowest BCUT2D eigenvalue weighted by Gasteiger charge is -2.10. The minimum absolute atomic E-state index is 0.0168. The second kappa shape index (κ2) is 7.42. The molecule has 0 fully saturated rings. The number of benzene rings is 1. The maximum Gasteiger partial charge on any atom is 0.441 e. The van der Waals surface area contributed by atoms with E-state index in [2.05, 4.69) is 10.6 Å². The molecule has 0 saturated carbocycles. The Balaban J connectivity index is 2.49. The molecule has 0 aliphatic rings. The average Bonchev–Trinajstić information content (AvgIpc) is 2.36. The first kappa shape index (κ1) is 16.7. The lowest BCUT2D eigenvalue weighted by molar-refractivity contribution is -0.0327. The first-order chi connectivity index (χ1) is 9.33. The molecule has 0 aromatic heterocycles. The number of anilines is 1. The second-order valence-corrected chi connectivity index (χ2v) is 5.27. The molecular formula is C13H17F3N2OS. The van der Waals surface area contributed by atoms with Crippen molar-refractivity contribution in [3.05, 3.63) is 29.3 Å². The van der Waals surface area contributed by atoms with E-state index >= 15 is 0 Å². The third kappa shape index (κ3) is 5.73. The monoisotopic (exact) mass is 306 g/mol. The normalized spacial score (nSPS) is 11.2. The highest BCUT2D eigenvalue weighted by atomic mass is 32.2. The number of halogens is 3. The number of hydrogen-bond donors (Lipinski definition) is 2. The predicted molar refractivity (Wildman–Crippen MR) is 76.2 cm³/mol. The molecule has 0 aliphatic carbocycles. The number of carbonyl (C=O) groups excluding carboxylic acids is 1. The van der Waals surface area contributed by atoms with Gasteiger partial charge in [-0.15, -0.1) is 0 Å². The summed E-state index contributed by atoms with van der Waals surface area (Å²) in [5.41, 5.74) is -1.95. The van der Waals surface area contributed by atoms with Gasteiger partial charge in [0.05, 0.1) is 0 Å². The molecule has 7 heteroatoms. The predicted octanol–water partition coefficient (Wildman–Crippen LogP) is 3.41. The number of rotatable bonds is 6. The smallest absolute Gasteiger partial charge is 0.385 e. The van der Waals surface area contributed by atoms with Crippen molar-refractivity contribution >= 4 is 23.4 Å². The van der Waals surface area contributed by atoms with Crippen molar-refractivity contribution in [2.24, 2.45) is 0 Å². The van der Waals surface area contributed by atoms with E-state index in [1.807, 2.05) is 13.8 Å². The van der Waals surface area contributed by atoms with Crippen LogP contribution < -0.4 is 10.6 Å². The Bertz CT molecular complexity index is 463. The zero-order valence-electron chi connectivity index (χ0n) is 11.3. The Labute approximate surface area is 120 Å². The molecule has 0 aliphatic heterocycles. The molecule has 0 spiro atoms. The first-order valence-corrected chi connectivity index (χ1v) is 7.15. The van der Waals surface area contributed by atoms with Crippen molar-refractivity contribution < 1.29 is 18.0 Å². The van der Waals surface area contributed by atoms with Gasteiger partial charge in [-0.1, -0.05) is 0 Å². The van der Waals surface area contributed by atoms with Crippen LogP contribution in [0.2, 0.25) is 0 Å². The van der Waals surface area contributed by atoms with Crippen molar-refractivity contribution in [1.29, 1.82) is 0 Å². The van der Waals surface area contributed by atoms with Crippen LogP contribution in [0.4, 0.5) is 18.9 Å². The number of alkyl halides is 3. The van der Waals surface area contributed by atoms with Crippen LogP contribution in [-0.2, 0) is 0 Å². The Morgan fingerprint density at radius 2 is 2.05 bits per heavy atom. The zero-order valence-corrected chi connectivity index (χ0v) is 12.1. The summed E-state index contributed by atoms with van der Waals surface area (Å²) in [6.07, 6.45) is 0. The molecule has 20 heavy (non-hydrogen) atoms. The van der Waals surface area contributed by atoms with E-state index in [9.17, 15) is 18.0 Å². The maximum absolute atomic E-state index is 11.9. The third-order valence-corrected chi connectivity index (χ3v) is 3.24. The van der Waals surface area contributed by atoms with Gasteiger partial charge < -0.3 is 10.6 Å². The number of aryl methyl sites for hydroxylation is 1. The summed E-state index contributed by atoms with van der Waals surface area (Å²) in [5.74, 6) is -0.553. The van der Waals surface area contributed by atoms with Crippen molar-refractivity contribution in [2.75, 3.05) is 24.2 Å². The van der Waals surface area contributed by atoms with Crippen LogP contribution in [0.15, 0.2) is 18.2 Å². The van der Waals surface area contributed by atoms with E-state index < -0.39 is 5.51 Å². The van der Waals surface area contributed by atoms with Crippen LogP contribution in [0.3, 0.4) is 0 Å². The van der Waals surface area contributed by atoms with Crippen LogP contribution >= 0.6 is 11.8 Å². The van der Waals surface area contributed by atoms with E-state index in [4.69, 9.17) is 0 Å². The van der Waals surface area contributed by atoms with E-state index in [1.165, 1.54) is 0 Å². The van der Waals surface area contributed by atoms with Crippen molar-refractivity contribution in [1.82, 2.24) is 5.32 Å². The Morgan fingerprint density at radius 3 is 2.60 bits per heavy atom. The zero-order chi connectivity index (χ0) is 15.2. The fourth-order valence-corrected chi connectivity index (χ4v) is 2.06. The summed E-state index contributed by atoms with van der Waals surface area (Å²) in [7, 11) is 0. The number of hydrogen-bond acceptors (Lipinski definition) is 3. The number of nitrogens with one attached hydrogen (secondary N) is 2. The molecule has 1 aromatic rings. The summed E-state index contributed by atoms with van der Waals surface area (Å²) < 4.78 is 35.7. The van der Waals surface area contributed by atoms with Crippen LogP contribution in [0.1, 0.15) is 22.8 Å². The third-order valence-electron chi connectivity index (χ3n) is 2.51. The summed E-state index contributed by atoms with van der Waals surface area (Å²) in [4.78, 5) is 11.8. The molecule has 0 atom stereocenters. The largest absolute Gasteiger partial charge is 0.441 e. The minimum atomic E-state index is -4.26. The molecular weight excluding hydrogens is 289 g/mol. The molecule has 112 valence electrons. The second-order valence-electron chi connectivity index (χ2n) is 4.11. The van der Waals surface area contributed by atoms with Gasteiger partial charge in [0.2, 0.25) is 0 Å². The van der Waals surface area contributed by atoms with Gasteiger partial charge in [0.25, 0.3) is 5.91 Å². The van der Waals surface area contributed by atoms with E-state index in [0.717, 1.165) is 17.8 Å². The summed E-state index contributed by atoms with van der Waals surface area (Å²) in [5, 5.41) is 5.62. The molecule has 2 N–H and O–H groups in total. The molecule has 0 unspecified atom stereocenters. The van der Waals surface area contributed by atoms with Gasteiger partial charge in [0.1, 0.15) is 0 Å². The van der Waals surface area contributed by atoms with Gasteiger partial charge in [-0.3, -0.25) is 4.79 Å². The quantitative estimate of drug-likeness (QED) is 0.791. The molecule has 1 rings (SSSR count). The first-order valence-electron chi connectivity index (χ1n) is 6.17. The van der Waals surface area contributed by atoms with Crippen molar-refractivity contribution in [3.63, 3.8) is 0 Å². The Morgan fingerprint density at radius 1 is 1.35 bits per heavy atom. The Hall–Kier alpha value is -1.37. The highest BCUT2D eigenvalue weighted by Gasteiger charge is 2.27. The van der Waals surface area contributed by atoms with E-state index in [1.54, 1.807) is 18.2 Å². The van der Waals surface area contributed by atoms with Gasteiger partial charge in [-0.05, 0) is 49.4 Å². The van der Waals surface area contributed by atoms with Crippen molar-refractivity contribution in [2.45, 2.75) is 19.4 Å². The summed E-state index contributed by atoms with van der Waals surface area (Å²) in [6, 6.07) is 5.15. The van der Waals surface area contributed by atoms with Gasteiger partial charge in [-0.25, -0.2) is 0 Å². The standard InChI is InChI=1S/C13H17F3N2OS/c1-3-17-11-5-4-10(8-9(11)2)12(19)18-6-7-20-13(14,15)16/h4-5,8,17H,3,6-7H2,1-2H3,(H,18,19). The van der Waals surface area contributed by atoms with Gasteiger partial charge in [0.15, 0.2) is 0 Å². The lowest BCUT2D eigenvalue weighted by Crippen LogP contribution is -2.26. The van der Waals surface area contributed by atoms with Crippen LogP contribution in [0, 0.1) is 6.92 Å². The number of thioether (sulfide) groups is 1. The number of carbonyl (C=O) groups is 1. The van der Waals surface area contributed by atoms with Crippen molar-refractivity contribution in [3.8, 4) is 0 Å². The fraction of sp³-hybridized carbons (Fsp3) is 0.462. The number of amides is 1. The molecule has 0 bridgehead atoms. The lowest BCUT2D eigenvalue weighted by atomic mass is 10.1. The molecule has 0 radical (unpaired) electrons. The van der Waals surface area contributed by atoms with Crippen LogP contribution in [0.5, 0.6) is 0 Å². The summed E-state index contributed by atoms with van der Waals surface area (Å²) >= 11 is -0.142. The van der Waals surface area contributed by atoms with E-state index in [0.29, 0.717) is 5.56 Å². The summed E-state index contributed by atoms with van der Waals surface area (Å²) in [6.45, 7) is 4.60. The maximum atomic E-state index is 11.9. The fourth-order valence-electron chi connectivity index (χ4n) is 1.63. The van der Waals surface area contributed by atoms with E-state index in [-0.39, 0.29) is 30.0 Å². The molecule has 3 nitrogen and oxygen atoms in total. The van der Waals surface area contributed by atoms with Gasteiger partial charge >= 0.3 is 5.51 Å². The molecule has 0 saturated heterocycles. The topological polar surface area (TPSA) is 41.1 Å². The minimum Gasteiger partial charge on any atom is -0.385 e. The molecule has 1 amide bonds. The van der Waals surface area contributed by atoms with Crippen LogP contribution in [0.25, 0.3) is 0 Å². The van der Waals surface area contributed by atoms with Gasteiger partial charge in [0, 0.05) is 30.1 Å². The van der Waals surface area contributed by atoms with Gasteiger partial charge in [-0.2, -0.15) is 13.2 Å².